The van der Waals surface area contributed by atoms with E-state index in [1.807, 2.05) is 6.07 Å². The SMILES string of the molecule is C[N+](C)(CCCO)CCN1c2ccccc2Sc2cc(Cl)cnc21. The summed E-state index contributed by atoms with van der Waals surface area (Å²) >= 11 is 7.86. The van der Waals surface area contributed by atoms with Crippen molar-refractivity contribution in [1.29, 1.82) is 0 Å². The van der Waals surface area contributed by atoms with Gasteiger partial charge in [-0.1, -0.05) is 35.5 Å². The summed E-state index contributed by atoms with van der Waals surface area (Å²) in [7, 11) is 4.41. The molecule has 2 aromatic rings. The number of fused-ring (bicyclic) bond motifs is 2. The normalized spacial score (nSPS) is 13.6. The van der Waals surface area contributed by atoms with Crippen LogP contribution in [0.4, 0.5) is 11.5 Å². The minimum absolute atomic E-state index is 0.244. The van der Waals surface area contributed by atoms with E-state index in [-0.39, 0.29) is 6.61 Å². The number of hydrogen-bond donors (Lipinski definition) is 1. The van der Waals surface area contributed by atoms with Gasteiger partial charge in [0.05, 0.1) is 49.3 Å². The third-order valence-electron chi connectivity index (χ3n) is 4.28. The summed E-state index contributed by atoms with van der Waals surface area (Å²) in [6, 6.07) is 10.4. The molecule has 3 rings (SSSR count). The third-order valence-corrected chi connectivity index (χ3v) is 5.57. The van der Waals surface area contributed by atoms with Gasteiger partial charge in [-0.25, -0.2) is 4.98 Å². The van der Waals surface area contributed by atoms with Crippen molar-refractivity contribution in [3.63, 3.8) is 0 Å². The van der Waals surface area contributed by atoms with E-state index in [0.717, 1.165) is 41.3 Å². The number of benzene rings is 1. The first-order valence-electron chi connectivity index (χ1n) is 8.13. The largest absolute Gasteiger partial charge is 0.396 e. The fraction of sp³-hybridized carbons (Fsp3) is 0.389. The van der Waals surface area contributed by atoms with Gasteiger partial charge in [0.25, 0.3) is 0 Å². The zero-order valence-electron chi connectivity index (χ0n) is 14.1. The number of nitrogens with zero attached hydrogens (tertiary/aromatic N) is 3. The Bertz CT molecular complexity index is 723. The van der Waals surface area contributed by atoms with Gasteiger partial charge in [-0.3, -0.25) is 0 Å². The molecule has 1 aromatic heterocycles. The molecule has 0 bridgehead atoms. The molecule has 0 atom stereocenters. The van der Waals surface area contributed by atoms with Crippen LogP contribution in [0.25, 0.3) is 0 Å². The van der Waals surface area contributed by atoms with E-state index in [1.54, 1.807) is 18.0 Å². The fourth-order valence-electron chi connectivity index (χ4n) is 2.90. The number of aromatic nitrogens is 1. The second-order valence-corrected chi connectivity index (χ2v) is 8.18. The number of para-hydroxylation sites is 1. The molecule has 0 saturated heterocycles. The Balaban J connectivity index is 1.87. The molecular formula is C18H23ClN3OS+. The first-order valence-corrected chi connectivity index (χ1v) is 9.32. The summed E-state index contributed by atoms with van der Waals surface area (Å²) in [4.78, 5) is 9.21. The molecule has 1 aliphatic heterocycles. The molecular weight excluding hydrogens is 342 g/mol. The maximum Gasteiger partial charge on any atom is 0.147 e. The highest BCUT2D eigenvalue weighted by Crippen LogP contribution is 2.47. The van der Waals surface area contributed by atoms with Crippen LogP contribution in [-0.4, -0.2) is 54.9 Å². The molecule has 128 valence electrons. The molecule has 1 N–H and O–H groups in total. The summed E-state index contributed by atoms with van der Waals surface area (Å²) in [5.74, 6) is 0.977. The first-order chi connectivity index (χ1) is 11.5. The standard InChI is InChI=1S/C18H23ClN3OS/c1-22(2,9-5-11-23)10-8-21-15-6-3-4-7-16(15)24-17-12-14(19)13-20-18(17)21/h3-4,6-7,12-13,23H,5,8-11H2,1-2H3/q+1. The molecule has 6 heteroatoms. The van der Waals surface area contributed by atoms with Crippen LogP contribution in [0.1, 0.15) is 6.42 Å². The predicted molar refractivity (Wildman–Crippen MR) is 100 cm³/mol. The number of halogens is 1. The van der Waals surface area contributed by atoms with Gasteiger partial charge in [-0.05, 0) is 18.2 Å². The van der Waals surface area contributed by atoms with Gasteiger partial charge in [0.2, 0.25) is 0 Å². The van der Waals surface area contributed by atoms with E-state index in [1.165, 1.54) is 10.6 Å². The third kappa shape index (κ3) is 3.86. The molecule has 0 amide bonds. The van der Waals surface area contributed by atoms with E-state index in [2.05, 4.69) is 48.2 Å². The number of aliphatic hydroxyl groups excluding tert-OH is 1. The lowest BCUT2D eigenvalue weighted by Crippen LogP contribution is -2.46. The smallest absolute Gasteiger partial charge is 0.147 e. The number of aliphatic hydroxyl groups is 1. The number of pyridine rings is 1. The Morgan fingerprint density at radius 1 is 1.21 bits per heavy atom. The van der Waals surface area contributed by atoms with Crippen LogP contribution in [0, 0.1) is 0 Å². The van der Waals surface area contributed by atoms with Gasteiger partial charge in [0.1, 0.15) is 5.82 Å². The van der Waals surface area contributed by atoms with Crippen LogP contribution >= 0.6 is 23.4 Å². The maximum atomic E-state index is 9.09. The van der Waals surface area contributed by atoms with Crippen LogP contribution in [0.2, 0.25) is 5.02 Å². The lowest BCUT2D eigenvalue weighted by atomic mass is 10.2. The van der Waals surface area contributed by atoms with Crippen LogP contribution in [0.15, 0.2) is 46.3 Å². The Kier molecular flexibility index (Phi) is 5.35. The molecule has 0 saturated carbocycles. The molecule has 0 unspecified atom stereocenters. The number of likely N-dealkylation sites (N-methyl/N-ethyl adjacent to an activating group) is 1. The van der Waals surface area contributed by atoms with E-state index in [0.29, 0.717) is 5.02 Å². The van der Waals surface area contributed by atoms with Crippen LogP contribution in [0.5, 0.6) is 0 Å². The van der Waals surface area contributed by atoms with Gasteiger partial charge in [0.15, 0.2) is 0 Å². The van der Waals surface area contributed by atoms with Crippen LogP contribution < -0.4 is 4.90 Å². The van der Waals surface area contributed by atoms with Crippen LogP contribution in [0.3, 0.4) is 0 Å². The maximum absolute atomic E-state index is 9.09. The lowest BCUT2D eigenvalue weighted by molar-refractivity contribution is -0.889. The van der Waals surface area contributed by atoms with Crippen molar-refractivity contribution < 1.29 is 9.59 Å². The Hall–Kier alpha value is -1.27. The summed E-state index contributed by atoms with van der Waals surface area (Å²) in [6.07, 6.45) is 2.54. The van der Waals surface area contributed by atoms with Crippen molar-refractivity contribution in [2.45, 2.75) is 16.2 Å². The zero-order chi connectivity index (χ0) is 17.2. The highest BCUT2D eigenvalue weighted by molar-refractivity contribution is 7.99. The number of anilines is 2. The Morgan fingerprint density at radius 2 is 2.00 bits per heavy atom. The average Bonchev–Trinajstić information content (AvgIpc) is 2.56. The molecule has 2 heterocycles. The number of hydrogen-bond acceptors (Lipinski definition) is 4. The van der Waals surface area contributed by atoms with Gasteiger partial charge in [0, 0.05) is 24.1 Å². The van der Waals surface area contributed by atoms with Gasteiger partial charge in [-0.15, -0.1) is 0 Å². The minimum Gasteiger partial charge on any atom is -0.396 e. The molecule has 4 nitrogen and oxygen atoms in total. The van der Waals surface area contributed by atoms with Gasteiger partial charge >= 0.3 is 0 Å². The molecule has 1 aromatic carbocycles. The highest BCUT2D eigenvalue weighted by Gasteiger charge is 2.26. The monoisotopic (exact) mass is 364 g/mol. The lowest BCUT2D eigenvalue weighted by Gasteiger charge is -2.36. The van der Waals surface area contributed by atoms with E-state index in [9.17, 15) is 0 Å². The summed E-state index contributed by atoms with van der Waals surface area (Å²) in [5.41, 5.74) is 1.20. The molecule has 24 heavy (non-hydrogen) atoms. The first kappa shape index (κ1) is 17.5. The summed E-state index contributed by atoms with van der Waals surface area (Å²) < 4.78 is 0.870. The van der Waals surface area contributed by atoms with Crippen molar-refractivity contribution in [3.8, 4) is 0 Å². The molecule has 0 spiro atoms. The fourth-order valence-corrected chi connectivity index (χ4v) is 4.23. The molecule has 0 fully saturated rings. The Labute approximate surface area is 152 Å². The van der Waals surface area contributed by atoms with E-state index >= 15 is 0 Å². The minimum atomic E-state index is 0.244. The average molecular weight is 365 g/mol. The van der Waals surface area contributed by atoms with E-state index in [4.69, 9.17) is 16.7 Å². The quantitative estimate of drug-likeness (QED) is 0.791. The van der Waals surface area contributed by atoms with Gasteiger partial charge in [-0.2, -0.15) is 0 Å². The van der Waals surface area contributed by atoms with Crippen molar-refractivity contribution in [1.82, 2.24) is 4.98 Å². The summed E-state index contributed by atoms with van der Waals surface area (Å²) in [5, 5.41) is 9.75. The Morgan fingerprint density at radius 3 is 2.79 bits per heavy atom. The van der Waals surface area contributed by atoms with E-state index < -0.39 is 0 Å². The number of quaternary nitrogens is 1. The molecule has 0 aliphatic carbocycles. The highest BCUT2D eigenvalue weighted by atomic mass is 35.5. The summed E-state index contributed by atoms with van der Waals surface area (Å²) in [6.45, 7) is 3.05. The molecule has 1 aliphatic rings. The van der Waals surface area contributed by atoms with Crippen molar-refractivity contribution in [2.24, 2.45) is 0 Å². The molecule has 0 radical (unpaired) electrons. The predicted octanol–water partition coefficient (Wildman–Crippen LogP) is 3.80. The zero-order valence-corrected chi connectivity index (χ0v) is 15.6. The van der Waals surface area contributed by atoms with Crippen molar-refractivity contribution in [3.05, 3.63) is 41.6 Å². The van der Waals surface area contributed by atoms with Crippen LogP contribution in [-0.2, 0) is 0 Å². The second kappa shape index (κ2) is 7.31. The van der Waals surface area contributed by atoms with Crippen molar-refractivity contribution >= 4 is 34.9 Å². The van der Waals surface area contributed by atoms with Crippen molar-refractivity contribution in [2.75, 3.05) is 45.2 Å². The topological polar surface area (TPSA) is 36.4 Å². The van der Waals surface area contributed by atoms with Gasteiger partial charge < -0.3 is 14.5 Å². The number of rotatable bonds is 6. The second-order valence-electron chi connectivity index (χ2n) is 6.66.